The van der Waals surface area contributed by atoms with Crippen LogP contribution in [0, 0.1) is 6.92 Å². The quantitative estimate of drug-likeness (QED) is 0.102. The topological polar surface area (TPSA) is 144 Å². The van der Waals surface area contributed by atoms with Crippen LogP contribution in [-0.4, -0.2) is 75.7 Å². The van der Waals surface area contributed by atoms with Crippen LogP contribution < -0.4 is 15.7 Å². The Balaban J connectivity index is 1.26. The van der Waals surface area contributed by atoms with Crippen LogP contribution >= 0.6 is 0 Å². The number of aliphatic hydroxyl groups is 2. The molecule has 0 bridgehead atoms. The lowest BCUT2D eigenvalue weighted by Crippen LogP contribution is -2.67. The highest BCUT2D eigenvalue weighted by Gasteiger charge is 2.66. The number of ether oxygens (including phenoxy) is 2. The Labute approximate surface area is 307 Å². The van der Waals surface area contributed by atoms with Crippen molar-refractivity contribution < 1.29 is 41.5 Å². The molecular weight excluding hydrogens is 699 g/mol. The van der Waals surface area contributed by atoms with Gasteiger partial charge in [0.15, 0.2) is 0 Å². The van der Waals surface area contributed by atoms with Crippen LogP contribution in [0.15, 0.2) is 120 Å². The van der Waals surface area contributed by atoms with E-state index < -0.39 is 60.6 Å². The molecule has 2 aliphatic rings. The van der Waals surface area contributed by atoms with Gasteiger partial charge in [-0.3, -0.25) is 4.18 Å². The molecule has 1 aliphatic heterocycles. The van der Waals surface area contributed by atoms with Crippen LogP contribution in [0.4, 0.5) is 4.79 Å². The molecule has 0 spiro atoms. The van der Waals surface area contributed by atoms with E-state index in [1.807, 2.05) is 73.7 Å². The first-order valence-corrected chi connectivity index (χ1v) is 20.8. The largest absolute Gasteiger partial charge is 0.445 e. The highest BCUT2D eigenvalue weighted by molar-refractivity contribution is 7.86. The van der Waals surface area contributed by atoms with Crippen LogP contribution in [0.3, 0.4) is 0 Å². The van der Waals surface area contributed by atoms with Gasteiger partial charge >= 0.3 is 6.09 Å². The van der Waals surface area contributed by atoms with Crippen molar-refractivity contribution in [3.63, 3.8) is 0 Å². The molecule has 0 aromatic heterocycles. The molecule has 0 radical (unpaired) electrons. The van der Waals surface area contributed by atoms with Gasteiger partial charge in [-0.15, -0.1) is 0 Å². The smallest absolute Gasteiger partial charge is 0.407 e. The predicted octanol–water partition coefficient (Wildman–Crippen LogP) is 4.59. The average molecular weight is 746 g/mol. The molecule has 12 heteroatoms. The van der Waals surface area contributed by atoms with Crippen LogP contribution in [0.25, 0.3) is 0 Å². The minimum Gasteiger partial charge on any atom is -0.445 e. The zero-order valence-electron chi connectivity index (χ0n) is 29.8. The van der Waals surface area contributed by atoms with E-state index in [0.717, 1.165) is 21.5 Å². The molecule has 10 nitrogen and oxygen atoms in total. The van der Waals surface area contributed by atoms with Gasteiger partial charge in [-0.2, -0.15) is 8.42 Å². The van der Waals surface area contributed by atoms with Gasteiger partial charge in [0.2, 0.25) is 0 Å². The molecule has 1 heterocycles. The third-order valence-corrected chi connectivity index (χ3v) is 16.4. The number of amides is 1. The summed E-state index contributed by atoms with van der Waals surface area (Å²) in [7, 11) is -7.24. The van der Waals surface area contributed by atoms with Crippen molar-refractivity contribution in [1.29, 1.82) is 0 Å². The molecule has 1 saturated heterocycles. The van der Waals surface area contributed by atoms with Gasteiger partial charge in [0.25, 0.3) is 18.4 Å². The number of aryl methyl sites for hydroxylation is 1. The van der Waals surface area contributed by atoms with E-state index in [4.69, 9.17) is 18.1 Å². The number of epoxide rings is 1. The number of alkyl carbamates (subject to hydrolysis) is 1. The van der Waals surface area contributed by atoms with Crippen molar-refractivity contribution in [3.8, 4) is 0 Å². The lowest BCUT2D eigenvalue weighted by molar-refractivity contribution is -0.121. The molecule has 52 heavy (non-hydrogen) atoms. The molecule has 3 N–H and O–H groups in total. The van der Waals surface area contributed by atoms with Crippen molar-refractivity contribution in [2.45, 2.75) is 93.1 Å². The first-order valence-electron chi connectivity index (χ1n) is 17.5. The molecule has 0 unspecified atom stereocenters. The third-order valence-electron chi connectivity index (χ3n) is 10.0. The summed E-state index contributed by atoms with van der Waals surface area (Å²) in [5.74, 6) is 0. The van der Waals surface area contributed by atoms with Gasteiger partial charge in [-0.25, -0.2) is 4.79 Å². The zero-order chi connectivity index (χ0) is 37.1. The zero-order valence-corrected chi connectivity index (χ0v) is 31.7. The summed E-state index contributed by atoms with van der Waals surface area (Å²) in [5, 5.41) is 28.2. The number of fused-ring (bicyclic) bond motifs is 1. The summed E-state index contributed by atoms with van der Waals surface area (Å²) < 4.78 is 50.3. The SMILES string of the molecule is Cc1ccc(S(=O)(=O)O[C@@H]2C[C@H](O)[C@](O)(C[C@@H](CO[Si](c3ccccc3)(c3ccccc3)C(C)(C)C)NC(=O)OCc3ccccc3)[C@@H]3O[C@@H]32)cc1. The second-order valence-electron chi connectivity index (χ2n) is 14.7. The van der Waals surface area contributed by atoms with Gasteiger partial charge in [-0.1, -0.05) is 129 Å². The fourth-order valence-electron chi connectivity index (χ4n) is 7.29. The minimum absolute atomic E-state index is 0.00983. The van der Waals surface area contributed by atoms with E-state index in [1.54, 1.807) is 12.1 Å². The Morgan fingerprint density at radius 3 is 2.04 bits per heavy atom. The molecule has 1 aliphatic carbocycles. The van der Waals surface area contributed by atoms with Crippen molar-refractivity contribution in [2.24, 2.45) is 0 Å². The number of hydrogen-bond donors (Lipinski definition) is 3. The highest BCUT2D eigenvalue weighted by atomic mass is 32.2. The van der Waals surface area contributed by atoms with E-state index in [0.29, 0.717) is 0 Å². The summed E-state index contributed by atoms with van der Waals surface area (Å²) >= 11 is 0. The van der Waals surface area contributed by atoms with E-state index in [-0.39, 0.29) is 36.0 Å². The molecule has 4 aromatic carbocycles. The van der Waals surface area contributed by atoms with Crippen LogP contribution in [0.5, 0.6) is 0 Å². The normalized spacial score (nSPS) is 23.7. The molecule has 6 rings (SSSR count). The summed E-state index contributed by atoms with van der Waals surface area (Å²) in [6, 6.07) is 34.8. The Kier molecular flexibility index (Phi) is 11.1. The lowest BCUT2D eigenvalue weighted by atomic mass is 9.77. The van der Waals surface area contributed by atoms with Gasteiger partial charge in [0.05, 0.1) is 23.6 Å². The van der Waals surface area contributed by atoms with Crippen molar-refractivity contribution in [3.05, 3.63) is 126 Å². The summed E-state index contributed by atoms with van der Waals surface area (Å²) in [6.07, 6.45) is -5.25. The maximum absolute atomic E-state index is 13.3. The standard InChI is InChI=1S/C40H47NO9SSi/c1-28-20-22-31(23-21-28)51(45,46)50-34-24-35(42)40(44,37-36(34)49-37)25-30(41-38(43)47-26-29-14-8-5-9-15-29)27-48-52(39(2,3)4,32-16-10-6-11-17-32)33-18-12-7-13-19-33/h5-23,30,34-37,42,44H,24-27H2,1-4H3,(H,41,43)/t30-,34+,35-,36+,37+,40+/m0/s1. The van der Waals surface area contributed by atoms with Gasteiger partial charge in [0, 0.05) is 12.8 Å². The monoisotopic (exact) mass is 745 g/mol. The van der Waals surface area contributed by atoms with E-state index >= 15 is 0 Å². The van der Waals surface area contributed by atoms with Crippen molar-refractivity contribution >= 4 is 34.9 Å². The van der Waals surface area contributed by atoms with Gasteiger partial charge in [-0.05, 0) is 40.0 Å². The molecule has 1 amide bonds. The van der Waals surface area contributed by atoms with E-state index in [1.165, 1.54) is 12.1 Å². The molecule has 4 aromatic rings. The Morgan fingerprint density at radius 1 is 0.923 bits per heavy atom. The predicted molar refractivity (Wildman–Crippen MR) is 199 cm³/mol. The van der Waals surface area contributed by atoms with Gasteiger partial charge in [0.1, 0.15) is 30.5 Å². The third kappa shape index (κ3) is 8.03. The summed E-state index contributed by atoms with van der Waals surface area (Å²) in [4.78, 5) is 13.3. The maximum Gasteiger partial charge on any atom is 0.407 e. The summed E-state index contributed by atoms with van der Waals surface area (Å²) in [6.45, 7) is 8.28. The Hall–Kier alpha value is -3.88. The number of rotatable bonds is 13. The van der Waals surface area contributed by atoms with E-state index in [2.05, 4.69) is 50.4 Å². The van der Waals surface area contributed by atoms with Crippen LogP contribution in [-0.2, 0) is 34.8 Å². The van der Waals surface area contributed by atoms with Crippen molar-refractivity contribution in [2.75, 3.05) is 6.61 Å². The Morgan fingerprint density at radius 2 is 1.48 bits per heavy atom. The second-order valence-corrected chi connectivity index (χ2v) is 20.6. The number of carbonyl (C=O) groups excluding carboxylic acids is 1. The molecule has 2 fully saturated rings. The Bertz CT molecular complexity index is 1860. The minimum atomic E-state index is -4.17. The number of benzene rings is 4. The number of carbonyl (C=O) groups is 1. The number of nitrogens with one attached hydrogen (secondary N) is 1. The highest BCUT2D eigenvalue weighted by Crippen LogP contribution is 2.48. The maximum atomic E-state index is 13.3. The van der Waals surface area contributed by atoms with E-state index in [9.17, 15) is 23.4 Å². The molecule has 276 valence electrons. The number of aliphatic hydroxyl groups excluding tert-OH is 1. The van der Waals surface area contributed by atoms with Gasteiger partial charge < -0.3 is 29.4 Å². The van der Waals surface area contributed by atoms with Crippen LogP contribution in [0.1, 0.15) is 44.7 Å². The fourth-order valence-corrected chi connectivity index (χ4v) is 13.0. The molecule has 6 atom stereocenters. The van der Waals surface area contributed by atoms with Crippen LogP contribution in [0.2, 0.25) is 5.04 Å². The first-order chi connectivity index (χ1) is 24.7. The summed E-state index contributed by atoms with van der Waals surface area (Å²) in [5.41, 5.74) is -0.154. The fraction of sp³-hybridized carbons (Fsp3) is 0.375. The number of hydrogen-bond acceptors (Lipinski definition) is 9. The molecular formula is C40H47NO9SSi. The lowest BCUT2D eigenvalue weighted by Gasteiger charge is -2.44. The average Bonchev–Trinajstić information content (AvgIpc) is 3.94. The molecule has 1 saturated carbocycles. The van der Waals surface area contributed by atoms with Crippen molar-refractivity contribution in [1.82, 2.24) is 5.32 Å². The second kappa shape index (κ2) is 15.2. The first kappa shape index (κ1) is 37.9.